The van der Waals surface area contributed by atoms with Crippen LogP contribution in [0, 0.1) is 15.9 Å². The Labute approximate surface area is 113 Å². The van der Waals surface area contributed by atoms with Crippen molar-refractivity contribution < 1.29 is 9.31 Å². The first kappa shape index (κ1) is 12.2. The standard InChI is InChI=1S/C14H10FN3O2/c15-11-2-1-9-7-17(8-10(9)5-11)12-3-4-14(18(19)20)13(16)6-12/h1-8H,16H2. The van der Waals surface area contributed by atoms with E-state index in [1.54, 1.807) is 22.9 Å². The highest BCUT2D eigenvalue weighted by atomic mass is 19.1. The summed E-state index contributed by atoms with van der Waals surface area (Å²) in [4.78, 5) is 10.2. The quantitative estimate of drug-likeness (QED) is 0.441. The summed E-state index contributed by atoms with van der Waals surface area (Å²) in [5, 5.41) is 12.4. The van der Waals surface area contributed by atoms with E-state index >= 15 is 0 Å². The van der Waals surface area contributed by atoms with Crippen molar-refractivity contribution >= 4 is 22.1 Å². The number of halogens is 1. The van der Waals surface area contributed by atoms with E-state index in [1.807, 2.05) is 6.20 Å². The summed E-state index contributed by atoms with van der Waals surface area (Å²) in [5.74, 6) is -0.307. The topological polar surface area (TPSA) is 74.1 Å². The third-order valence-corrected chi connectivity index (χ3v) is 3.11. The fraction of sp³-hybridized carbons (Fsp3) is 0. The van der Waals surface area contributed by atoms with E-state index in [0.717, 1.165) is 10.8 Å². The van der Waals surface area contributed by atoms with Crippen molar-refractivity contribution in [2.45, 2.75) is 0 Å². The Balaban J connectivity index is 2.11. The van der Waals surface area contributed by atoms with Gasteiger partial charge in [0.05, 0.1) is 4.92 Å². The van der Waals surface area contributed by atoms with Crippen LogP contribution in [-0.4, -0.2) is 9.49 Å². The first-order valence-electron chi connectivity index (χ1n) is 5.86. The number of fused-ring (bicyclic) bond motifs is 1. The van der Waals surface area contributed by atoms with Gasteiger partial charge < -0.3 is 10.3 Å². The first-order valence-corrected chi connectivity index (χ1v) is 5.86. The maximum Gasteiger partial charge on any atom is 0.292 e. The van der Waals surface area contributed by atoms with E-state index in [4.69, 9.17) is 5.73 Å². The average Bonchev–Trinajstić information content (AvgIpc) is 2.81. The summed E-state index contributed by atoms with van der Waals surface area (Å²) in [6, 6.07) is 8.97. The summed E-state index contributed by atoms with van der Waals surface area (Å²) in [6.07, 6.45) is 3.56. The molecule has 0 fully saturated rings. The van der Waals surface area contributed by atoms with Crippen molar-refractivity contribution in [3.05, 3.63) is 64.7 Å². The molecule has 0 bridgehead atoms. The number of nitro benzene ring substituents is 1. The Morgan fingerprint density at radius 3 is 2.55 bits per heavy atom. The highest BCUT2D eigenvalue weighted by molar-refractivity contribution is 5.83. The Morgan fingerprint density at radius 2 is 1.85 bits per heavy atom. The highest BCUT2D eigenvalue weighted by Gasteiger charge is 2.12. The number of hydrogen-bond donors (Lipinski definition) is 1. The van der Waals surface area contributed by atoms with Gasteiger partial charge in [-0.1, -0.05) is 0 Å². The number of benzene rings is 2. The molecule has 0 saturated heterocycles. The van der Waals surface area contributed by atoms with Gasteiger partial charge in [0, 0.05) is 29.5 Å². The second-order valence-electron chi connectivity index (χ2n) is 4.44. The molecule has 0 unspecified atom stereocenters. The molecule has 0 atom stereocenters. The van der Waals surface area contributed by atoms with Crippen LogP contribution in [0.5, 0.6) is 0 Å². The zero-order valence-corrected chi connectivity index (χ0v) is 10.3. The van der Waals surface area contributed by atoms with Gasteiger partial charge in [-0.05, 0) is 35.7 Å². The van der Waals surface area contributed by atoms with E-state index in [9.17, 15) is 14.5 Å². The molecule has 0 amide bonds. The largest absolute Gasteiger partial charge is 0.393 e. The van der Waals surface area contributed by atoms with Gasteiger partial charge in [-0.3, -0.25) is 10.1 Å². The summed E-state index contributed by atoms with van der Waals surface area (Å²) in [5.41, 5.74) is 6.31. The second kappa shape index (κ2) is 4.34. The lowest BCUT2D eigenvalue weighted by Crippen LogP contribution is -1.98. The molecular formula is C14H10FN3O2. The number of nitrogens with zero attached hydrogens (tertiary/aromatic N) is 2. The smallest absolute Gasteiger partial charge is 0.292 e. The minimum atomic E-state index is -0.527. The van der Waals surface area contributed by atoms with Gasteiger partial charge in [-0.2, -0.15) is 0 Å². The van der Waals surface area contributed by atoms with Gasteiger partial charge in [-0.25, -0.2) is 4.39 Å². The normalized spacial score (nSPS) is 10.8. The SMILES string of the molecule is Nc1cc(-n2cc3ccc(F)cc3c2)ccc1[N+](=O)[O-]. The fourth-order valence-corrected chi connectivity index (χ4v) is 2.13. The van der Waals surface area contributed by atoms with Gasteiger partial charge >= 0.3 is 0 Å². The highest BCUT2D eigenvalue weighted by Crippen LogP contribution is 2.26. The summed E-state index contributed by atoms with van der Waals surface area (Å²) < 4.78 is 14.9. The lowest BCUT2D eigenvalue weighted by Gasteiger charge is -2.04. The molecule has 2 N–H and O–H groups in total. The molecular weight excluding hydrogens is 261 g/mol. The summed E-state index contributed by atoms with van der Waals surface area (Å²) in [6.45, 7) is 0. The second-order valence-corrected chi connectivity index (χ2v) is 4.44. The Bertz CT molecular complexity index is 826. The minimum Gasteiger partial charge on any atom is -0.393 e. The Morgan fingerprint density at radius 1 is 1.10 bits per heavy atom. The Kier molecular flexibility index (Phi) is 2.64. The fourth-order valence-electron chi connectivity index (χ4n) is 2.13. The molecule has 0 aliphatic rings. The molecule has 100 valence electrons. The number of anilines is 1. The van der Waals surface area contributed by atoms with Crippen LogP contribution in [0.15, 0.2) is 48.8 Å². The summed E-state index contributed by atoms with van der Waals surface area (Å²) in [7, 11) is 0. The van der Waals surface area contributed by atoms with E-state index in [0.29, 0.717) is 5.69 Å². The molecule has 0 aliphatic carbocycles. The Hall–Kier alpha value is -2.89. The van der Waals surface area contributed by atoms with E-state index < -0.39 is 4.92 Å². The third kappa shape index (κ3) is 1.97. The molecule has 0 saturated carbocycles. The van der Waals surface area contributed by atoms with Crippen LogP contribution in [0.4, 0.5) is 15.8 Å². The van der Waals surface area contributed by atoms with Crippen LogP contribution < -0.4 is 5.73 Å². The maximum absolute atomic E-state index is 13.1. The molecule has 0 radical (unpaired) electrons. The van der Waals surface area contributed by atoms with Crippen molar-refractivity contribution in [3.8, 4) is 5.69 Å². The van der Waals surface area contributed by atoms with Crippen molar-refractivity contribution in [2.75, 3.05) is 5.73 Å². The first-order chi connectivity index (χ1) is 9.54. The van der Waals surface area contributed by atoms with Crippen LogP contribution >= 0.6 is 0 Å². The number of nitro groups is 1. The molecule has 3 aromatic rings. The number of hydrogen-bond acceptors (Lipinski definition) is 3. The van der Waals surface area contributed by atoms with Crippen molar-refractivity contribution in [1.29, 1.82) is 0 Å². The molecule has 5 nitrogen and oxygen atoms in total. The lowest BCUT2D eigenvalue weighted by atomic mass is 10.2. The number of nitrogen functional groups attached to an aromatic ring is 1. The van der Waals surface area contributed by atoms with Crippen LogP contribution in [0.2, 0.25) is 0 Å². The van der Waals surface area contributed by atoms with Gasteiger partial charge in [-0.15, -0.1) is 0 Å². The monoisotopic (exact) mass is 271 g/mol. The molecule has 2 aromatic carbocycles. The van der Waals surface area contributed by atoms with Gasteiger partial charge in [0.1, 0.15) is 11.5 Å². The van der Waals surface area contributed by atoms with Crippen LogP contribution in [0.1, 0.15) is 0 Å². The zero-order valence-electron chi connectivity index (χ0n) is 10.3. The van der Waals surface area contributed by atoms with E-state index in [1.165, 1.54) is 24.3 Å². The average molecular weight is 271 g/mol. The van der Waals surface area contributed by atoms with Gasteiger partial charge in [0.15, 0.2) is 0 Å². The van der Waals surface area contributed by atoms with Crippen LogP contribution in [0.3, 0.4) is 0 Å². The van der Waals surface area contributed by atoms with Crippen molar-refractivity contribution in [3.63, 3.8) is 0 Å². The number of nitrogens with two attached hydrogens (primary N) is 1. The zero-order chi connectivity index (χ0) is 14.3. The van der Waals surface area contributed by atoms with Crippen molar-refractivity contribution in [1.82, 2.24) is 4.57 Å². The molecule has 3 rings (SSSR count). The number of rotatable bonds is 2. The molecule has 0 spiro atoms. The van der Waals surface area contributed by atoms with Gasteiger partial charge in [0.2, 0.25) is 0 Å². The van der Waals surface area contributed by atoms with Crippen molar-refractivity contribution in [2.24, 2.45) is 0 Å². The third-order valence-electron chi connectivity index (χ3n) is 3.11. The summed E-state index contributed by atoms with van der Waals surface area (Å²) >= 11 is 0. The molecule has 6 heteroatoms. The maximum atomic E-state index is 13.1. The predicted molar refractivity (Wildman–Crippen MR) is 74.3 cm³/mol. The molecule has 1 heterocycles. The molecule has 0 aliphatic heterocycles. The van der Waals surface area contributed by atoms with Gasteiger partial charge in [0.25, 0.3) is 5.69 Å². The van der Waals surface area contributed by atoms with Crippen LogP contribution in [-0.2, 0) is 0 Å². The number of aromatic nitrogens is 1. The van der Waals surface area contributed by atoms with E-state index in [-0.39, 0.29) is 17.2 Å². The molecule has 1 aromatic heterocycles. The van der Waals surface area contributed by atoms with Crippen LogP contribution in [0.25, 0.3) is 16.5 Å². The lowest BCUT2D eigenvalue weighted by molar-refractivity contribution is -0.383. The minimum absolute atomic E-state index is 0.0939. The predicted octanol–water partition coefficient (Wildman–Crippen LogP) is 3.26. The van der Waals surface area contributed by atoms with E-state index in [2.05, 4.69) is 0 Å². The molecule has 20 heavy (non-hydrogen) atoms.